The molecule has 2 heterocycles. The molecular weight excluding hydrogens is 236 g/mol. The van der Waals surface area contributed by atoms with Crippen LogP contribution in [0.5, 0.6) is 5.75 Å². The van der Waals surface area contributed by atoms with Crippen LogP contribution in [-0.4, -0.2) is 20.6 Å². The minimum atomic E-state index is -0.0738. The third kappa shape index (κ3) is 1.78. The van der Waals surface area contributed by atoms with Crippen LogP contribution in [0.2, 0.25) is 0 Å². The first-order valence-electron chi connectivity index (χ1n) is 4.94. The summed E-state index contributed by atoms with van der Waals surface area (Å²) in [5.74, 6) is 0.275. The first-order chi connectivity index (χ1) is 8.34. The molecule has 6 heteroatoms. The number of aromatic nitrogens is 4. The number of nitrogens with zero attached hydrogens (tertiary/aromatic N) is 3. The average Bonchev–Trinajstić information content (AvgIpc) is 2.99. The van der Waals surface area contributed by atoms with Crippen LogP contribution < -0.4 is 0 Å². The third-order valence-electron chi connectivity index (χ3n) is 2.30. The van der Waals surface area contributed by atoms with Gasteiger partial charge in [-0.25, -0.2) is 0 Å². The lowest BCUT2D eigenvalue weighted by molar-refractivity contribution is 0.358. The van der Waals surface area contributed by atoms with E-state index in [1.165, 1.54) is 11.3 Å². The largest absolute Gasteiger partial charge is 0.288 e. The van der Waals surface area contributed by atoms with Gasteiger partial charge in [-0.05, 0) is 10.8 Å². The minimum absolute atomic E-state index is 0.0738. The molecule has 3 rings (SSSR count). The van der Waals surface area contributed by atoms with Crippen LogP contribution in [0.15, 0.2) is 36.4 Å². The molecule has 0 aliphatic rings. The monoisotopic (exact) mass is 243 g/mol. The van der Waals surface area contributed by atoms with Crippen molar-refractivity contribution < 1.29 is 5.11 Å². The van der Waals surface area contributed by atoms with Crippen molar-refractivity contribution in [2.45, 2.75) is 0 Å². The van der Waals surface area contributed by atoms with Crippen molar-refractivity contribution in [2.75, 3.05) is 0 Å². The van der Waals surface area contributed by atoms with Crippen molar-refractivity contribution in [3.8, 4) is 26.9 Å². The molecule has 0 aliphatic heterocycles. The normalized spacial score (nSPS) is 10.6. The van der Waals surface area contributed by atoms with E-state index in [0.29, 0.717) is 10.7 Å². The number of tetrazole rings is 1. The molecule has 0 amide bonds. The molecular formula is C11H7N4OS. The van der Waals surface area contributed by atoms with Gasteiger partial charge in [0.25, 0.3) is 0 Å². The summed E-state index contributed by atoms with van der Waals surface area (Å²) >= 11 is 1.37. The number of benzene rings is 1. The van der Waals surface area contributed by atoms with Crippen molar-refractivity contribution in [2.24, 2.45) is 0 Å². The molecule has 0 bridgehead atoms. The molecule has 1 N–H and O–H groups in total. The Kier molecular flexibility index (Phi) is 2.34. The second-order valence-electron chi connectivity index (χ2n) is 3.41. The molecule has 0 aliphatic carbocycles. The lowest BCUT2D eigenvalue weighted by atomic mass is 10.2. The zero-order chi connectivity index (χ0) is 11.7. The zero-order valence-corrected chi connectivity index (χ0v) is 9.44. The van der Waals surface area contributed by atoms with Gasteiger partial charge in [-0.3, -0.25) is 5.11 Å². The molecule has 0 spiro atoms. The van der Waals surface area contributed by atoms with Crippen molar-refractivity contribution in [1.82, 2.24) is 20.6 Å². The Morgan fingerprint density at radius 2 is 2.00 bits per heavy atom. The highest BCUT2D eigenvalue weighted by molar-refractivity contribution is 7.19. The first kappa shape index (κ1) is 9.98. The maximum atomic E-state index is 11.8. The SMILES string of the molecule is [O]c1cc(-c2ccccc2)sc1-c1nn[nH]n1. The Labute approximate surface area is 101 Å². The highest BCUT2D eigenvalue weighted by Crippen LogP contribution is 2.40. The highest BCUT2D eigenvalue weighted by Gasteiger charge is 2.16. The van der Waals surface area contributed by atoms with E-state index in [9.17, 15) is 5.11 Å². The van der Waals surface area contributed by atoms with Gasteiger partial charge < -0.3 is 0 Å². The quantitative estimate of drug-likeness (QED) is 0.752. The van der Waals surface area contributed by atoms with Crippen molar-refractivity contribution in [3.05, 3.63) is 36.4 Å². The van der Waals surface area contributed by atoms with Crippen LogP contribution in [0, 0.1) is 0 Å². The smallest absolute Gasteiger partial charge is 0.218 e. The molecule has 0 atom stereocenters. The molecule has 1 radical (unpaired) electrons. The van der Waals surface area contributed by atoms with Crippen LogP contribution in [0.1, 0.15) is 0 Å². The van der Waals surface area contributed by atoms with Crippen molar-refractivity contribution >= 4 is 11.3 Å². The highest BCUT2D eigenvalue weighted by atomic mass is 32.1. The summed E-state index contributed by atoms with van der Waals surface area (Å²) in [6.45, 7) is 0. The first-order valence-corrected chi connectivity index (χ1v) is 5.76. The van der Waals surface area contributed by atoms with Gasteiger partial charge in [0, 0.05) is 10.9 Å². The minimum Gasteiger partial charge on any atom is -0.288 e. The van der Waals surface area contributed by atoms with E-state index in [-0.39, 0.29) is 5.75 Å². The van der Waals surface area contributed by atoms with Crippen LogP contribution in [0.4, 0.5) is 0 Å². The number of nitrogens with one attached hydrogen (secondary N) is 1. The predicted octanol–water partition coefficient (Wildman–Crippen LogP) is 2.74. The van der Waals surface area contributed by atoms with E-state index < -0.39 is 0 Å². The second kappa shape index (κ2) is 3.99. The maximum absolute atomic E-state index is 11.8. The summed E-state index contributed by atoms with van der Waals surface area (Å²) in [5, 5.41) is 25.2. The fourth-order valence-corrected chi connectivity index (χ4v) is 2.51. The molecule has 0 saturated carbocycles. The third-order valence-corrected chi connectivity index (χ3v) is 3.47. The number of H-pyrrole nitrogens is 1. The summed E-state index contributed by atoms with van der Waals surface area (Å²) in [5.41, 5.74) is 1.02. The summed E-state index contributed by atoms with van der Waals surface area (Å²) in [6, 6.07) is 11.3. The molecule has 0 fully saturated rings. The number of hydrogen-bond acceptors (Lipinski definition) is 4. The van der Waals surface area contributed by atoms with E-state index in [1.54, 1.807) is 6.07 Å². The van der Waals surface area contributed by atoms with E-state index in [0.717, 1.165) is 10.4 Å². The topological polar surface area (TPSA) is 74.4 Å². The van der Waals surface area contributed by atoms with Crippen molar-refractivity contribution in [3.63, 3.8) is 0 Å². The fraction of sp³-hybridized carbons (Fsp3) is 0. The van der Waals surface area contributed by atoms with Gasteiger partial charge >= 0.3 is 0 Å². The van der Waals surface area contributed by atoms with Gasteiger partial charge in [0.15, 0.2) is 0 Å². The number of aromatic amines is 1. The number of hydrogen-bond donors (Lipinski definition) is 1. The summed E-state index contributed by atoms with van der Waals surface area (Å²) in [7, 11) is 0. The zero-order valence-electron chi connectivity index (χ0n) is 8.62. The molecule has 0 saturated heterocycles. The Morgan fingerprint density at radius 1 is 1.18 bits per heavy atom. The van der Waals surface area contributed by atoms with Crippen LogP contribution in [0.3, 0.4) is 0 Å². The Bertz CT molecular complexity index is 618. The molecule has 83 valence electrons. The van der Waals surface area contributed by atoms with E-state index in [4.69, 9.17) is 0 Å². The van der Waals surface area contributed by atoms with Crippen LogP contribution in [-0.2, 0) is 5.11 Å². The van der Waals surface area contributed by atoms with Crippen LogP contribution in [0.25, 0.3) is 21.1 Å². The predicted molar refractivity (Wildman–Crippen MR) is 63.1 cm³/mol. The van der Waals surface area contributed by atoms with Crippen LogP contribution >= 0.6 is 11.3 Å². The van der Waals surface area contributed by atoms with Gasteiger partial charge in [0.1, 0.15) is 4.88 Å². The van der Waals surface area contributed by atoms with E-state index >= 15 is 0 Å². The van der Waals surface area contributed by atoms with Gasteiger partial charge in [-0.2, -0.15) is 5.21 Å². The van der Waals surface area contributed by atoms with Gasteiger partial charge in [-0.1, -0.05) is 30.3 Å². The Balaban J connectivity index is 2.08. The maximum Gasteiger partial charge on any atom is 0.218 e. The Morgan fingerprint density at radius 3 is 2.71 bits per heavy atom. The summed E-state index contributed by atoms with van der Waals surface area (Å²) in [4.78, 5) is 1.42. The molecule has 17 heavy (non-hydrogen) atoms. The molecule has 0 unspecified atom stereocenters. The summed E-state index contributed by atoms with van der Waals surface area (Å²) < 4.78 is 0. The molecule has 5 nitrogen and oxygen atoms in total. The molecule has 2 aromatic heterocycles. The second-order valence-corrected chi connectivity index (χ2v) is 4.46. The summed E-state index contributed by atoms with van der Waals surface area (Å²) in [6.07, 6.45) is 0. The van der Waals surface area contributed by atoms with Gasteiger partial charge in [0.05, 0.1) is 0 Å². The van der Waals surface area contributed by atoms with E-state index in [2.05, 4.69) is 20.6 Å². The fourth-order valence-electron chi connectivity index (χ4n) is 1.53. The van der Waals surface area contributed by atoms with Gasteiger partial charge in [0.2, 0.25) is 11.6 Å². The van der Waals surface area contributed by atoms with E-state index in [1.807, 2.05) is 30.3 Å². The standard InChI is InChI=1S/C11H7N4OS/c16-8-6-9(7-4-2-1-3-5-7)17-10(8)11-12-14-15-13-11/h1-6H,(H,12,13,14,15). The molecule has 3 aromatic rings. The lowest BCUT2D eigenvalue weighted by Crippen LogP contribution is -1.74. The number of thiophene rings is 1. The molecule has 1 aromatic carbocycles. The average molecular weight is 243 g/mol. The lowest BCUT2D eigenvalue weighted by Gasteiger charge is -1.93. The van der Waals surface area contributed by atoms with Gasteiger partial charge in [-0.15, -0.1) is 21.5 Å². The number of rotatable bonds is 2. The van der Waals surface area contributed by atoms with Crippen molar-refractivity contribution in [1.29, 1.82) is 0 Å². The Hall–Kier alpha value is -2.21.